The Labute approximate surface area is 108 Å². The van der Waals surface area contributed by atoms with Gasteiger partial charge in [-0.3, -0.25) is 0 Å². The third-order valence-corrected chi connectivity index (χ3v) is 4.38. The van der Waals surface area contributed by atoms with Gasteiger partial charge in [-0.25, -0.2) is 0 Å². The molecule has 0 atom stereocenters. The third kappa shape index (κ3) is 2.35. The minimum Gasteiger partial charge on any atom is -0.301 e. The number of hydrogen-bond acceptors (Lipinski definition) is 2. The molecule has 17 heavy (non-hydrogen) atoms. The smallest absolute Gasteiger partial charge is 0.225 e. The first-order valence-electron chi connectivity index (χ1n) is 6.75. The Morgan fingerprint density at radius 3 is 2.24 bits per heavy atom. The zero-order valence-corrected chi connectivity index (χ0v) is 11.3. The van der Waals surface area contributed by atoms with Gasteiger partial charge in [-0.15, -0.1) is 10.2 Å². The lowest BCUT2D eigenvalue weighted by atomic mass is 9.97. The molecule has 0 saturated heterocycles. The van der Waals surface area contributed by atoms with Gasteiger partial charge >= 0.3 is 0 Å². The van der Waals surface area contributed by atoms with Gasteiger partial charge < -0.3 is 4.57 Å². The zero-order chi connectivity index (χ0) is 12.0. The van der Waals surface area contributed by atoms with Crippen molar-refractivity contribution in [3.8, 4) is 0 Å². The van der Waals surface area contributed by atoms with Crippen LogP contribution in [0.1, 0.15) is 51.3 Å². The van der Waals surface area contributed by atoms with Gasteiger partial charge in [0, 0.05) is 12.5 Å². The standard InChI is InChI=1S/C13H20ClN3/c1-8(2)12-15-16-13(14)17(12)7-11(9-3-4-9)10-5-6-10/h8-11H,3-7H2,1-2H3. The van der Waals surface area contributed by atoms with E-state index in [1.54, 1.807) is 0 Å². The summed E-state index contributed by atoms with van der Waals surface area (Å²) in [5.74, 6) is 4.15. The fourth-order valence-electron chi connectivity index (χ4n) is 2.83. The molecule has 0 aromatic carbocycles. The molecule has 1 aromatic rings. The first-order chi connectivity index (χ1) is 8.16. The van der Waals surface area contributed by atoms with E-state index >= 15 is 0 Å². The van der Waals surface area contributed by atoms with Crippen molar-refractivity contribution in [2.75, 3.05) is 0 Å². The molecular formula is C13H20ClN3. The largest absolute Gasteiger partial charge is 0.301 e. The highest BCUT2D eigenvalue weighted by Gasteiger charge is 2.41. The summed E-state index contributed by atoms with van der Waals surface area (Å²) in [5.41, 5.74) is 0. The molecule has 1 heterocycles. The van der Waals surface area contributed by atoms with Crippen LogP contribution in [0.3, 0.4) is 0 Å². The Balaban J connectivity index is 1.80. The lowest BCUT2D eigenvalue weighted by molar-refractivity contribution is 0.342. The van der Waals surface area contributed by atoms with Gasteiger partial charge in [0.05, 0.1) is 0 Å². The molecule has 2 saturated carbocycles. The molecule has 0 unspecified atom stereocenters. The van der Waals surface area contributed by atoms with Crippen LogP contribution in [0.4, 0.5) is 0 Å². The van der Waals surface area contributed by atoms with Gasteiger partial charge in [-0.05, 0) is 55.0 Å². The van der Waals surface area contributed by atoms with E-state index in [1.165, 1.54) is 25.7 Å². The molecule has 3 nitrogen and oxygen atoms in total. The molecular weight excluding hydrogens is 234 g/mol. The van der Waals surface area contributed by atoms with Crippen molar-refractivity contribution in [3.63, 3.8) is 0 Å². The Kier molecular flexibility index (Phi) is 2.89. The van der Waals surface area contributed by atoms with Crippen molar-refractivity contribution >= 4 is 11.6 Å². The molecule has 0 radical (unpaired) electrons. The van der Waals surface area contributed by atoms with Crippen LogP contribution >= 0.6 is 11.6 Å². The Bertz CT molecular complexity index is 393. The molecule has 0 amide bonds. The summed E-state index contributed by atoms with van der Waals surface area (Å²) in [7, 11) is 0. The van der Waals surface area contributed by atoms with Crippen LogP contribution in [-0.2, 0) is 6.54 Å². The van der Waals surface area contributed by atoms with Crippen LogP contribution in [-0.4, -0.2) is 14.8 Å². The fraction of sp³-hybridized carbons (Fsp3) is 0.846. The predicted molar refractivity (Wildman–Crippen MR) is 68.1 cm³/mol. The van der Waals surface area contributed by atoms with E-state index < -0.39 is 0 Å². The maximum atomic E-state index is 6.17. The van der Waals surface area contributed by atoms with Crippen molar-refractivity contribution in [3.05, 3.63) is 11.1 Å². The summed E-state index contributed by atoms with van der Waals surface area (Å²) < 4.78 is 2.15. The average Bonchev–Trinajstić information content (AvgIpc) is 3.15. The van der Waals surface area contributed by atoms with Gasteiger partial charge in [0.15, 0.2) is 0 Å². The average molecular weight is 254 g/mol. The SMILES string of the molecule is CC(C)c1nnc(Cl)n1CC(C1CC1)C1CC1. The molecule has 0 N–H and O–H groups in total. The zero-order valence-electron chi connectivity index (χ0n) is 10.6. The monoisotopic (exact) mass is 253 g/mol. The lowest BCUT2D eigenvalue weighted by Gasteiger charge is -2.18. The summed E-state index contributed by atoms with van der Waals surface area (Å²) in [6.45, 7) is 5.34. The van der Waals surface area contributed by atoms with E-state index in [2.05, 4.69) is 28.6 Å². The predicted octanol–water partition coefficient (Wildman–Crippen LogP) is 3.49. The van der Waals surface area contributed by atoms with Crippen LogP contribution < -0.4 is 0 Å². The van der Waals surface area contributed by atoms with Crippen molar-refractivity contribution in [2.24, 2.45) is 17.8 Å². The number of aromatic nitrogens is 3. The van der Waals surface area contributed by atoms with Crippen LogP contribution in [0.5, 0.6) is 0 Å². The van der Waals surface area contributed by atoms with Gasteiger partial charge in [-0.1, -0.05) is 13.8 Å². The number of nitrogens with zero attached hydrogens (tertiary/aromatic N) is 3. The van der Waals surface area contributed by atoms with Crippen LogP contribution in [0.2, 0.25) is 5.28 Å². The second-order valence-corrected chi connectivity index (χ2v) is 6.27. The quantitative estimate of drug-likeness (QED) is 0.804. The first-order valence-corrected chi connectivity index (χ1v) is 7.13. The Morgan fingerprint density at radius 1 is 1.18 bits per heavy atom. The van der Waals surface area contributed by atoms with E-state index in [0.29, 0.717) is 11.2 Å². The van der Waals surface area contributed by atoms with E-state index in [-0.39, 0.29) is 0 Å². The molecule has 0 spiro atoms. The summed E-state index contributed by atoms with van der Waals surface area (Å²) in [5, 5.41) is 8.81. The Hall–Kier alpha value is -0.570. The van der Waals surface area contributed by atoms with Crippen molar-refractivity contribution in [2.45, 2.75) is 52.0 Å². The van der Waals surface area contributed by atoms with E-state index in [4.69, 9.17) is 11.6 Å². The summed E-state index contributed by atoms with van der Waals surface area (Å²) >= 11 is 6.17. The van der Waals surface area contributed by atoms with Crippen LogP contribution in [0, 0.1) is 17.8 Å². The third-order valence-electron chi connectivity index (χ3n) is 4.10. The molecule has 0 bridgehead atoms. The normalized spacial score (nSPS) is 20.5. The van der Waals surface area contributed by atoms with Gasteiger partial charge in [0.2, 0.25) is 5.28 Å². The summed E-state index contributed by atoms with van der Waals surface area (Å²) in [6.07, 6.45) is 5.66. The number of rotatable bonds is 5. The minimum atomic E-state index is 0.397. The highest BCUT2D eigenvalue weighted by Crippen LogP contribution is 2.50. The molecule has 0 aliphatic heterocycles. The van der Waals surface area contributed by atoms with E-state index in [1.807, 2.05) is 0 Å². The van der Waals surface area contributed by atoms with E-state index in [0.717, 1.165) is 30.1 Å². The molecule has 4 heteroatoms. The van der Waals surface area contributed by atoms with Gasteiger partial charge in [0.1, 0.15) is 5.82 Å². The summed E-state index contributed by atoms with van der Waals surface area (Å²) in [4.78, 5) is 0. The highest BCUT2D eigenvalue weighted by molar-refractivity contribution is 6.28. The highest BCUT2D eigenvalue weighted by atomic mass is 35.5. The molecule has 1 aromatic heterocycles. The first kappa shape index (κ1) is 11.5. The molecule has 3 rings (SSSR count). The molecule has 2 aliphatic rings. The van der Waals surface area contributed by atoms with Crippen molar-refractivity contribution in [1.29, 1.82) is 0 Å². The number of hydrogen-bond donors (Lipinski definition) is 0. The Morgan fingerprint density at radius 2 is 1.76 bits per heavy atom. The minimum absolute atomic E-state index is 0.397. The van der Waals surface area contributed by atoms with Crippen LogP contribution in [0.25, 0.3) is 0 Å². The second-order valence-electron chi connectivity index (χ2n) is 5.93. The molecule has 94 valence electrons. The maximum Gasteiger partial charge on any atom is 0.225 e. The topological polar surface area (TPSA) is 30.7 Å². The van der Waals surface area contributed by atoms with E-state index in [9.17, 15) is 0 Å². The maximum absolute atomic E-state index is 6.17. The fourth-order valence-corrected chi connectivity index (χ4v) is 3.03. The van der Waals surface area contributed by atoms with Crippen molar-refractivity contribution < 1.29 is 0 Å². The van der Waals surface area contributed by atoms with Crippen LogP contribution in [0.15, 0.2) is 0 Å². The summed E-state index contributed by atoms with van der Waals surface area (Å²) in [6, 6.07) is 0. The van der Waals surface area contributed by atoms with Gasteiger partial charge in [-0.2, -0.15) is 0 Å². The van der Waals surface area contributed by atoms with Crippen molar-refractivity contribution in [1.82, 2.24) is 14.8 Å². The molecule has 2 aliphatic carbocycles. The lowest BCUT2D eigenvalue weighted by Crippen LogP contribution is -2.17. The molecule has 2 fully saturated rings. The van der Waals surface area contributed by atoms with Gasteiger partial charge in [0.25, 0.3) is 0 Å². The second kappa shape index (κ2) is 4.27. The number of halogens is 1.